The van der Waals surface area contributed by atoms with Crippen molar-refractivity contribution in [2.45, 2.75) is 32.9 Å². The molecule has 0 spiro atoms. The van der Waals surface area contributed by atoms with E-state index in [-0.39, 0.29) is 6.04 Å². The van der Waals surface area contributed by atoms with Crippen LogP contribution in [0.3, 0.4) is 0 Å². The molecule has 1 aromatic carbocycles. The minimum absolute atomic E-state index is 0.118. The maximum absolute atomic E-state index is 10.7. The van der Waals surface area contributed by atoms with Crippen LogP contribution in [-0.2, 0) is 0 Å². The number of aromatic nitrogens is 2. The van der Waals surface area contributed by atoms with E-state index in [0.717, 1.165) is 5.56 Å². The number of nitrogens with zero attached hydrogens (tertiary/aromatic N) is 2. The monoisotopic (exact) mass is 294 g/mol. The zero-order valence-corrected chi connectivity index (χ0v) is 12.8. The fraction of sp³-hybridized carbons (Fsp3) is 0.400. The number of aliphatic hydroxyl groups is 1. The fourth-order valence-electron chi connectivity index (χ4n) is 2.19. The molecule has 0 amide bonds. The van der Waals surface area contributed by atoms with Gasteiger partial charge in [0.25, 0.3) is 0 Å². The average Bonchev–Trinajstić information content (AvgIpc) is 2.81. The zero-order chi connectivity index (χ0) is 14.9. The second kappa shape index (κ2) is 5.85. The summed E-state index contributed by atoms with van der Waals surface area (Å²) in [4.78, 5) is 0. The molecule has 2 aromatic rings. The summed E-state index contributed by atoms with van der Waals surface area (Å²) in [6.07, 6.45) is 0.739. The molecule has 20 heavy (non-hydrogen) atoms. The highest BCUT2D eigenvalue weighted by Gasteiger charge is 2.24. The highest BCUT2D eigenvalue weighted by atomic mass is 35.5. The van der Waals surface area contributed by atoms with Crippen LogP contribution in [0.25, 0.3) is 0 Å². The number of aliphatic hydroxyl groups excluding tert-OH is 1. The van der Waals surface area contributed by atoms with Crippen molar-refractivity contribution < 1.29 is 9.84 Å². The van der Waals surface area contributed by atoms with Gasteiger partial charge in [-0.25, -0.2) is 0 Å². The SMILES string of the molecule is COc1cnn(C(C)C)c1C(O)c1ccc(C)cc1Cl. The molecule has 0 radical (unpaired) electrons. The maximum Gasteiger partial charge on any atom is 0.163 e. The topological polar surface area (TPSA) is 47.3 Å². The standard InChI is InChI=1S/C15H19ClN2O2/c1-9(2)18-14(13(20-4)8-17-18)15(19)11-6-5-10(3)7-12(11)16/h5-9,15,19H,1-4H3. The Morgan fingerprint density at radius 3 is 2.60 bits per heavy atom. The third-order valence-electron chi connectivity index (χ3n) is 3.22. The van der Waals surface area contributed by atoms with Gasteiger partial charge in [0.05, 0.1) is 13.3 Å². The zero-order valence-electron chi connectivity index (χ0n) is 12.1. The average molecular weight is 295 g/mol. The van der Waals surface area contributed by atoms with Crippen LogP contribution in [0, 0.1) is 6.92 Å². The number of rotatable bonds is 4. The van der Waals surface area contributed by atoms with E-state index in [9.17, 15) is 5.11 Å². The predicted molar refractivity (Wildman–Crippen MR) is 79.4 cm³/mol. The Kier molecular flexibility index (Phi) is 4.35. The molecule has 0 aliphatic carbocycles. The number of hydrogen-bond acceptors (Lipinski definition) is 3. The first-order valence-corrected chi connectivity index (χ1v) is 6.89. The van der Waals surface area contributed by atoms with Crippen molar-refractivity contribution in [3.63, 3.8) is 0 Å². The van der Waals surface area contributed by atoms with E-state index in [2.05, 4.69) is 5.10 Å². The summed E-state index contributed by atoms with van der Waals surface area (Å²) in [6.45, 7) is 5.96. The lowest BCUT2D eigenvalue weighted by molar-refractivity contribution is 0.199. The van der Waals surface area contributed by atoms with Crippen LogP contribution >= 0.6 is 11.6 Å². The van der Waals surface area contributed by atoms with E-state index in [1.807, 2.05) is 39.0 Å². The third kappa shape index (κ3) is 2.67. The Balaban J connectivity index is 2.52. The quantitative estimate of drug-likeness (QED) is 0.938. The largest absolute Gasteiger partial charge is 0.493 e. The van der Waals surface area contributed by atoms with Gasteiger partial charge in [0.2, 0.25) is 0 Å². The molecular formula is C15H19ClN2O2. The molecule has 4 nitrogen and oxygen atoms in total. The molecule has 1 atom stereocenters. The maximum atomic E-state index is 10.7. The summed E-state index contributed by atoms with van der Waals surface area (Å²) < 4.78 is 7.05. The van der Waals surface area contributed by atoms with E-state index < -0.39 is 6.10 Å². The molecule has 5 heteroatoms. The van der Waals surface area contributed by atoms with Gasteiger partial charge in [-0.1, -0.05) is 23.7 Å². The summed E-state index contributed by atoms with van der Waals surface area (Å²) in [6, 6.07) is 5.71. The van der Waals surface area contributed by atoms with Crippen LogP contribution in [0.1, 0.15) is 42.8 Å². The lowest BCUT2D eigenvalue weighted by Gasteiger charge is -2.18. The van der Waals surface area contributed by atoms with Crippen molar-refractivity contribution >= 4 is 11.6 Å². The predicted octanol–water partition coefficient (Wildman–Crippen LogP) is 3.52. The minimum atomic E-state index is -0.872. The second-order valence-corrected chi connectivity index (χ2v) is 5.47. The van der Waals surface area contributed by atoms with Gasteiger partial charge in [-0.05, 0) is 32.4 Å². The molecule has 1 N–H and O–H groups in total. The second-order valence-electron chi connectivity index (χ2n) is 5.06. The van der Waals surface area contributed by atoms with Gasteiger partial charge in [0.1, 0.15) is 11.8 Å². The molecule has 0 aliphatic heterocycles. The molecule has 108 valence electrons. The molecule has 2 rings (SSSR count). The van der Waals surface area contributed by atoms with Gasteiger partial charge in [-0.2, -0.15) is 5.10 Å². The first-order chi connectivity index (χ1) is 9.45. The number of aryl methyl sites for hydroxylation is 1. The molecule has 0 saturated carbocycles. The smallest absolute Gasteiger partial charge is 0.163 e. The molecule has 0 saturated heterocycles. The number of halogens is 1. The van der Waals surface area contributed by atoms with Crippen molar-refractivity contribution in [2.75, 3.05) is 7.11 Å². The fourth-order valence-corrected chi connectivity index (χ4v) is 2.52. The first-order valence-electron chi connectivity index (χ1n) is 6.51. The highest BCUT2D eigenvalue weighted by Crippen LogP contribution is 2.35. The van der Waals surface area contributed by atoms with Crippen molar-refractivity contribution in [1.29, 1.82) is 0 Å². The van der Waals surface area contributed by atoms with Crippen molar-refractivity contribution in [3.05, 3.63) is 46.2 Å². The molecule has 1 heterocycles. The number of ether oxygens (including phenoxy) is 1. The van der Waals surface area contributed by atoms with E-state index in [0.29, 0.717) is 22.0 Å². The molecule has 0 fully saturated rings. The van der Waals surface area contributed by atoms with Crippen LogP contribution in [-0.4, -0.2) is 22.0 Å². The molecular weight excluding hydrogens is 276 g/mol. The summed E-state index contributed by atoms with van der Waals surface area (Å²) in [5.74, 6) is 0.558. The lowest BCUT2D eigenvalue weighted by atomic mass is 10.0. The van der Waals surface area contributed by atoms with Gasteiger partial charge in [-0.15, -0.1) is 0 Å². The summed E-state index contributed by atoms with van der Waals surface area (Å²) in [5.41, 5.74) is 2.32. The number of benzene rings is 1. The van der Waals surface area contributed by atoms with Crippen LogP contribution in [0.4, 0.5) is 0 Å². The van der Waals surface area contributed by atoms with E-state index in [1.165, 1.54) is 0 Å². The number of hydrogen-bond donors (Lipinski definition) is 1. The molecule has 0 bridgehead atoms. The molecule has 1 aromatic heterocycles. The number of methoxy groups -OCH3 is 1. The Morgan fingerprint density at radius 1 is 1.35 bits per heavy atom. The highest BCUT2D eigenvalue weighted by molar-refractivity contribution is 6.31. The summed E-state index contributed by atoms with van der Waals surface area (Å²) in [5, 5.41) is 15.5. The van der Waals surface area contributed by atoms with Gasteiger partial charge < -0.3 is 9.84 Å². The first kappa shape index (κ1) is 14.9. The Bertz CT molecular complexity index is 608. The van der Waals surface area contributed by atoms with Crippen LogP contribution in [0.5, 0.6) is 5.75 Å². The van der Waals surface area contributed by atoms with Gasteiger partial charge in [-0.3, -0.25) is 4.68 Å². The molecule has 1 unspecified atom stereocenters. The normalized spacial score (nSPS) is 12.8. The third-order valence-corrected chi connectivity index (χ3v) is 3.54. The van der Waals surface area contributed by atoms with Gasteiger partial charge >= 0.3 is 0 Å². The lowest BCUT2D eigenvalue weighted by Crippen LogP contribution is -2.13. The van der Waals surface area contributed by atoms with E-state index in [4.69, 9.17) is 16.3 Å². The minimum Gasteiger partial charge on any atom is -0.493 e. The van der Waals surface area contributed by atoms with E-state index >= 15 is 0 Å². The van der Waals surface area contributed by atoms with Crippen molar-refractivity contribution in [3.8, 4) is 5.75 Å². The Hall–Kier alpha value is -1.52. The van der Waals surface area contributed by atoms with Crippen molar-refractivity contribution in [2.24, 2.45) is 0 Å². The van der Waals surface area contributed by atoms with Gasteiger partial charge in [0.15, 0.2) is 5.75 Å². The van der Waals surface area contributed by atoms with Crippen LogP contribution in [0.2, 0.25) is 5.02 Å². The summed E-state index contributed by atoms with van der Waals surface area (Å²) >= 11 is 6.24. The summed E-state index contributed by atoms with van der Waals surface area (Å²) in [7, 11) is 1.56. The Morgan fingerprint density at radius 2 is 2.05 bits per heavy atom. The Labute approximate surface area is 123 Å². The van der Waals surface area contributed by atoms with E-state index in [1.54, 1.807) is 18.0 Å². The molecule has 0 aliphatic rings. The van der Waals surface area contributed by atoms with Crippen molar-refractivity contribution in [1.82, 2.24) is 9.78 Å². The van der Waals surface area contributed by atoms with Gasteiger partial charge in [0, 0.05) is 16.6 Å². The van der Waals surface area contributed by atoms with Crippen LogP contribution in [0.15, 0.2) is 24.4 Å². The van der Waals surface area contributed by atoms with Crippen LogP contribution < -0.4 is 4.74 Å².